The molecule has 134 valence electrons. The molecule has 1 amide bonds. The average Bonchev–Trinajstić information content (AvgIpc) is 2.52. The summed E-state index contributed by atoms with van der Waals surface area (Å²) < 4.78 is 37.3. The van der Waals surface area contributed by atoms with Crippen LogP contribution in [0.1, 0.15) is 23.0 Å². The topological polar surface area (TPSA) is 114 Å². The van der Waals surface area contributed by atoms with Gasteiger partial charge in [-0.05, 0) is 18.6 Å². The molecule has 1 aromatic carbocycles. The van der Waals surface area contributed by atoms with Gasteiger partial charge in [-0.25, -0.2) is 22.9 Å². The van der Waals surface area contributed by atoms with Crippen LogP contribution < -0.4 is 5.14 Å². The largest absolute Gasteiger partial charge is 0.392 e. The summed E-state index contributed by atoms with van der Waals surface area (Å²) in [5.41, 5.74) is 0.143. The predicted molar refractivity (Wildman–Crippen MR) is 88.4 cm³/mol. The maximum Gasteiger partial charge on any atom is 0.274 e. The molecular formula is C16H18FN3O4S. The number of carbonyl (C=O) groups excluding carboxylic acids is 1. The zero-order valence-electron chi connectivity index (χ0n) is 13.5. The lowest BCUT2D eigenvalue weighted by atomic mass is 10.2. The van der Waals surface area contributed by atoms with E-state index in [0.717, 1.165) is 17.8 Å². The van der Waals surface area contributed by atoms with Crippen LogP contribution in [0.5, 0.6) is 0 Å². The Morgan fingerprint density at radius 2 is 1.96 bits per heavy atom. The van der Waals surface area contributed by atoms with Gasteiger partial charge in [-0.15, -0.1) is 0 Å². The molecule has 0 aliphatic heterocycles. The van der Waals surface area contributed by atoms with E-state index < -0.39 is 38.4 Å². The lowest BCUT2D eigenvalue weighted by Gasteiger charge is -2.24. The fourth-order valence-corrected chi connectivity index (χ4v) is 3.09. The van der Waals surface area contributed by atoms with E-state index in [1.807, 2.05) is 0 Å². The van der Waals surface area contributed by atoms with E-state index in [2.05, 4.69) is 4.98 Å². The number of nitrogens with zero attached hydrogens (tertiary/aromatic N) is 2. The molecule has 0 saturated carbocycles. The van der Waals surface area contributed by atoms with Crippen LogP contribution in [0.25, 0.3) is 0 Å². The molecule has 1 heterocycles. The van der Waals surface area contributed by atoms with Gasteiger partial charge in [0.15, 0.2) is 5.69 Å². The Balaban J connectivity index is 2.45. The van der Waals surface area contributed by atoms with Crippen LogP contribution >= 0.6 is 0 Å². The molecule has 0 fully saturated rings. The van der Waals surface area contributed by atoms with Crippen molar-refractivity contribution >= 4 is 15.9 Å². The number of nitrogens with two attached hydrogens (primary N) is 1. The highest BCUT2D eigenvalue weighted by molar-refractivity contribution is 7.89. The van der Waals surface area contributed by atoms with Gasteiger partial charge in [-0.3, -0.25) is 4.79 Å². The molecular weight excluding hydrogens is 349 g/mol. The number of aliphatic hydroxyl groups is 1. The van der Waals surface area contributed by atoms with Crippen molar-refractivity contribution in [1.82, 2.24) is 9.88 Å². The first-order valence-corrected chi connectivity index (χ1v) is 8.93. The third-order valence-corrected chi connectivity index (χ3v) is 4.29. The fourth-order valence-electron chi connectivity index (χ4n) is 2.34. The minimum atomic E-state index is -4.49. The van der Waals surface area contributed by atoms with Crippen molar-refractivity contribution in [2.24, 2.45) is 5.14 Å². The van der Waals surface area contributed by atoms with Gasteiger partial charge in [0.25, 0.3) is 5.91 Å². The minimum absolute atomic E-state index is 0.0873. The maximum absolute atomic E-state index is 13.9. The van der Waals surface area contributed by atoms with E-state index in [9.17, 15) is 22.7 Å². The van der Waals surface area contributed by atoms with Crippen molar-refractivity contribution in [2.75, 3.05) is 6.54 Å². The summed E-state index contributed by atoms with van der Waals surface area (Å²) in [5.74, 6) is -1.99. The van der Waals surface area contributed by atoms with Gasteiger partial charge < -0.3 is 10.0 Å². The molecule has 0 unspecified atom stereocenters. The summed E-state index contributed by atoms with van der Waals surface area (Å²) >= 11 is 0. The number of halogens is 1. The zero-order chi connectivity index (χ0) is 18.6. The van der Waals surface area contributed by atoms with Gasteiger partial charge in [-0.2, -0.15) is 0 Å². The molecule has 3 N–H and O–H groups in total. The van der Waals surface area contributed by atoms with Crippen LogP contribution in [-0.2, 0) is 16.6 Å². The van der Waals surface area contributed by atoms with E-state index in [-0.39, 0.29) is 13.1 Å². The van der Waals surface area contributed by atoms with Crippen molar-refractivity contribution in [2.45, 2.75) is 24.5 Å². The number of aliphatic hydroxyl groups excluding tert-OH is 1. The molecule has 9 heteroatoms. The molecule has 0 spiro atoms. The summed E-state index contributed by atoms with van der Waals surface area (Å²) in [6, 6.07) is 9.70. The van der Waals surface area contributed by atoms with Crippen LogP contribution in [0.15, 0.2) is 47.5 Å². The number of carbonyl (C=O) groups is 1. The molecule has 0 bridgehead atoms. The van der Waals surface area contributed by atoms with Gasteiger partial charge in [-0.1, -0.05) is 30.3 Å². The SMILES string of the molecule is C[C@H](O)CN(Cc1ccccc1)C(=O)c1nccc(F)c1S(N)(=O)=O. The second kappa shape index (κ2) is 7.68. The van der Waals surface area contributed by atoms with Crippen LogP contribution in [0.3, 0.4) is 0 Å². The van der Waals surface area contributed by atoms with Crippen LogP contribution in [0.2, 0.25) is 0 Å². The lowest BCUT2D eigenvalue weighted by Crippen LogP contribution is -2.37. The first-order chi connectivity index (χ1) is 11.7. The molecule has 2 aromatic rings. The van der Waals surface area contributed by atoms with Crippen molar-refractivity contribution in [3.8, 4) is 0 Å². The molecule has 2 rings (SSSR count). The Morgan fingerprint density at radius 3 is 2.52 bits per heavy atom. The minimum Gasteiger partial charge on any atom is -0.392 e. The van der Waals surface area contributed by atoms with E-state index in [0.29, 0.717) is 0 Å². The number of hydrogen-bond donors (Lipinski definition) is 2. The molecule has 0 aliphatic carbocycles. The third kappa shape index (κ3) is 4.81. The number of rotatable bonds is 6. The number of primary sulfonamides is 1. The number of pyridine rings is 1. The van der Waals surface area contributed by atoms with Crippen molar-refractivity contribution in [1.29, 1.82) is 0 Å². The number of amides is 1. The summed E-state index contributed by atoms with van der Waals surface area (Å²) in [7, 11) is -4.49. The third-order valence-electron chi connectivity index (χ3n) is 3.33. The Hall–Kier alpha value is -2.36. The molecule has 1 aromatic heterocycles. The molecule has 25 heavy (non-hydrogen) atoms. The standard InChI is InChI=1S/C16H18FN3O4S/c1-11(21)9-20(10-12-5-3-2-4-6-12)16(22)14-15(25(18,23)24)13(17)7-8-19-14/h2-8,11,21H,9-10H2,1H3,(H2,18,23,24)/t11-/m0/s1. The molecule has 1 atom stereocenters. The Bertz CT molecular complexity index is 857. The van der Waals surface area contributed by atoms with Crippen molar-refractivity contribution < 1.29 is 22.7 Å². The highest BCUT2D eigenvalue weighted by atomic mass is 32.2. The molecule has 0 saturated heterocycles. The molecule has 0 aliphatic rings. The molecule has 0 radical (unpaired) electrons. The predicted octanol–water partition coefficient (Wildman–Crippen LogP) is 0.891. The lowest BCUT2D eigenvalue weighted by molar-refractivity contribution is 0.0620. The number of aromatic nitrogens is 1. The van der Waals surface area contributed by atoms with Gasteiger partial charge in [0.05, 0.1) is 6.10 Å². The highest BCUT2D eigenvalue weighted by Gasteiger charge is 2.29. The molecule has 7 nitrogen and oxygen atoms in total. The van der Waals surface area contributed by atoms with Gasteiger partial charge in [0.2, 0.25) is 10.0 Å². The Labute approximate surface area is 145 Å². The summed E-state index contributed by atoms with van der Waals surface area (Å²) in [5, 5.41) is 14.7. The summed E-state index contributed by atoms with van der Waals surface area (Å²) in [4.78, 5) is 16.7. The van der Waals surface area contributed by atoms with E-state index in [1.165, 1.54) is 11.8 Å². The summed E-state index contributed by atoms with van der Waals surface area (Å²) in [6.45, 7) is 1.48. The number of sulfonamides is 1. The van der Waals surface area contributed by atoms with Crippen molar-refractivity contribution in [3.05, 3.63) is 59.7 Å². The Morgan fingerprint density at radius 1 is 1.32 bits per heavy atom. The highest BCUT2D eigenvalue weighted by Crippen LogP contribution is 2.19. The summed E-state index contributed by atoms with van der Waals surface area (Å²) in [6.07, 6.45) is 0.111. The van der Waals surface area contributed by atoms with Crippen LogP contribution in [0.4, 0.5) is 4.39 Å². The normalized spacial score (nSPS) is 12.6. The second-order valence-electron chi connectivity index (χ2n) is 5.54. The van der Waals surface area contributed by atoms with Crippen molar-refractivity contribution in [3.63, 3.8) is 0 Å². The average molecular weight is 367 g/mol. The second-order valence-corrected chi connectivity index (χ2v) is 7.03. The van der Waals surface area contributed by atoms with Crippen LogP contribution in [-0.4, -0.2) is 42.0 Å². The van der Waals surface area contributed by atoms with E-state index in [4.69, 9.17) is 5.14 Å². The van der Waals surface area contributed by atoms with E-state index >= 15 is 0 Å². The monoisotopic (exact) mass is 367 g/mol. The van der Waals surface area contributed by atoms with E-state index in [1.54, 1.807) is 30.3 Å². The van der Waals surface area contributed by atoms with Crippen LogP contribution in [0, 0.1) is 5.82 Å². The number of benzene rings is 1. The number of hydrogen-bond acceptors (Lipinski definition) is 5. The fraction of sp³-hybridized carbons (Fsp3) is 0.250. The van der Waals surface area contributed by atoms with Gasteiger partial charge in [0, 0.05) is 19.3 Å². The van der Waals surface area contributed by atoms with Gasteiger partial charge in [0.1, 0.15) is 10.7 Å². The Kier molecular flexibility index (Phi) is 5.83. The maximum atomic E-state index is 13.9. The first kappa shape index (κ1) is 19.0. The van der Waals surface area contributed by atoms with Gasteiger partial charge >= 0.3 is 0 Å². The quantitative estimate of drug-likeness (QED) is 0.787. The smallest absolute Gasteiger partial charge is 0.274 e. The first-order valence-electron chi connectivity index (χ1n) is 7.38. The zero-order valence-corrected chi connectivity index (χ0v) is 14.3.